The third kappa shape index (κ3) is 4.26. The molecule has 2 nitrogen and oxygen atoms in total. The van der Waals surface area contributed by atoms with E-state index < -0.39 is 0 Å². The van der Waals surface area contributed by atoms with Gasteiger partial charge in [-0.05, 0) is 58.1 Å². The first-order chi connectivity index (χ1) is 10.5. The van der Waals surface area contributed by atoms with Crippen LogP contribution >= 0.6 is 0 Å². The van der Waals surface area contributed by atoms with Crippen molar-refractivity contribution < 1.29 is 10.2 Å². The molecular formula is C20H22O2. The van der Waals surface area contributed by atoms with E-state index in [4.69, 9.17) is 0 Å². The molecule has 3 aromatic carbocycles. The summed E-state index contributed by atoms with van der Waals surface area (Å²) in [5.41, 5.74) is 2.15. The van der Waals surface area contributed by atoms with Crippen molar-refractivity contribution in [2.75, 3.05) is 0 Å². The molecule has 0 fully saturated rings. The number of phenols is 2. The van der Waals surface area contributed by atoms with Gasteiger partial charge in [0.25, 0.3) is 0 Å². The molecule has 0 radical (unpaired) electrons. The number of phenolic OH excluding ortho intramolecular Hbond substituents is 2. The van der Waals surface area contributed by atoms with Crippen LogP contribution in [0.2, 0.25) is 0 Å². The summed E-state index contributed by atoms with van der Waals surface area (Å²) in [5, 5.41) is 20.8. The molecule has 0 aliphatic heterocycles. The minimum atomic E-state index is 0.268. The average molecular weight is 294 g/mol. The van der Waals surface area contributed by atoms with Crippen molar-refractivity contribution in [1.29, 1.82) is 0 Å². The van der Waals surface area contributed by atoms with Gasteiger partial charge < -0.3 is 10.2 Å². The summed E-state index contributed by atoms with van der Waals surface area (Å²) < 4.78 is 0. The minimum absolute atomic E-state index is 0.268. The maximum atomic E-state index is 9.42. The zero-order valence-electron chi connectivity index (χ0n) is 13.2. The number of benzene rings is 3. The van der Waals surface area contributed by atoms with E-state index in [0.29, 0.717) is 0 Å². The fourth-order valence-electron chi connectivity index (χ4n) is 2.07. The van der Waals surface area contributed by atoms with Crippen LogP contribution in [-0.4, -0.2) is 10.2 Å². The summed E-state index contributed by atoms with van der Waals surface area (Å²) >= 11 is 0. The first-order valence-corrected chi connectivity index (χ1v) is 7.48. The van der Waals surface area contributed by atoms with Gasteiger partial charge in [0, 0.05) is 0 Å². The highest BCUT2D eigenvalue weighted by molar-refractivity contribution is 5.88. The van der Waals surface area contributed by atoms with Crippen molar-refractivity contribution in [3.8, 4) is 22.6 Å². The molecule has 0 bridgehead atoms. The highest BCUT2D eigenvalue weighted by Gasteiger charge is 2.00. The molecule has 2 N–H and O–H groups in total. The van der Waals surface area contributed by atoms with Crippen molar-refractivity contribution in [3.05, 3.63) is 60.7 Å². The summed E-state index contributed by atoms with van der Waals surface area (Å²) in [4.78, 5) is 0. The molecule has 0 aliphatic rings. The van der Waals surface area contributed by atoms with Crippen LogP contribution in [0, 0.1) is 5.92 Å². The smallest absolute Gasteiger partial charge is 0.116 e. The lowest BCUT2D eigenvalue weighted by atomic mass is 10.0. The van der Waals surface area contributed by atoms with Gasteiger partial charge in [-0.2, -0.15) is 0 Å². The predicted molar refractivity (Wildman–Crippen MR) is 93.2 cm³/mol. The number of fused-ring (bicyclic) bond motifs is 1. The van der Waals surface area contributed by atoms with Crippen LogP contribution in [0.1, 0.15) is 20.8 Å². The molecule has 0 heterocycles. The SMILES string of the molecule is CC(C)C.Oc1ccc(-c2ccc3cc(O)ccc3c2)cc1. The molecule has 0 atom stereocenters. The van der Waals surface area contributed by atoms with Gasteiger partial charge in [-0.25, -0.2) is 0 Å². The molecule has 0 aromatic heterocycles. The lowest BCUT2D eigenvalue weighted by Gasteiger charge is -2.05. The fraction of sp³-hybridized carbons (Fsp3) is 0.200. The first-order valence-electron chi connectivity index (χ1n) is 7.48. The average Bonchev–Trinajstić information content (AvgIpc) is 2.47. The highest BCUT2D eigenvalue weighted by atomic mass is 16.3. The van der Waals surface area contributed by atoms with Crippen LogP contribution in [0.15, 0.2) is 60.7 Å². The maximum Gasteiger partial charge on any atom is 0.116 e. The normalized spacial score (nSPS) is 10.4. The Morgan fingerprint density at radius 1 is 0.591 bits per heavy atom. The van der Waals surface area contributed by atoms with Gasteiger partial charge in [-0.15, -0.1) is 0 Å². The lowest BCUT2D eigenvalue weighted by molar-refractivity contribution is 0.475. The van der Waals surface area contributed by atoms with Crippen LogP contribution in [0.3, 0.4) is 0 Å². The Labute approximate surface area is 131 Å². The largest absolute Gasteiger partial charge is 0.508 e. The Balaban J connectivity index is 0.000000396. The number of hydrogen-bond donors (Lipinski definition) is 2. The van der Waals surface area contributed by atoms with Gasteiger partial charge >= 0.3 is 0 Å². The Kier molecular flexibility index (Phi) is 5.05. The van der Waals surface area contributed by atoms with Crippen molar-refractivity contribution >= 4 is 10.8 Å². The summed E-state index contributed by atoms with van der Waals surface area (Å²) in [6.07, 6.45) is 0. The summed E-state index contributed by atoms with van der Waals surface area (Å²) in [6.45, 7) is 6.50. The molecule has 0 aliphatic carbocycles. The van der Waals surface area contributed by atoms with E-state index in [1.54, 1.807) is 24.3 Å². The molecular weight excluding hydrogens is 272 g/mol. The third-order valence-corrected chi connectivity index (χ3v) is 3.02. The second kappa shape index (κ2) is 6.99. The molecule has 0 unspecified atom stereocenters. The molecule has 2 heteroatoms. The summed E-state index contributed by atoms with van der Waals surface area (Å²) in [5.74, 6) is 1.38. The second-order valence-corrected chi connectivity index (χ2v) is 6.03. The molecule has 3 rings (SSSR count). The Morgan fingerprint density at radius 2 is 1.05 bits per heavy atom. The van der Waals surface area contributed by atoms with Gasteiger partial charge in [0.15, 0.2) is 0 Å². The standard InChI is InChI=1S/C16H12O2.C4H10/c17-15-6-3-11(4-7-15)12-1-2-14-10-16(18)8-5-13(14)9-12;1-4(2)3/h1-10,17-18H;4H,1-3H3. The molecule has 0 saturated carbocycles. The molecule has 0 saturated heterocycles. The van der Waals surface area contributed by atoms with E-state index in [2.05, 4.69) is 26.8 Å². The molecule has 0 spiro atoms. The Morgan fingerprint density at radius 3 is 1.68 bits per heavy atom. The van der Waals surface area contributed by atoms with Crippen LogP contribution in [0.5, 0.6) is 11.5 Å². The van der Waals surface area contributed by atoms with Crippen LogP contribution in [0.25, 0.3) is 21.9 Å². The number of hydrogen-bond acceptors (Lipinski definition) is 2. The van der Waals surface area contributed by atoms with Crippen molar-refractivity contribution in [2.45, 2.75) is 20.8 Å². The molecule has 3 aromatic rings. The van der Waals surface area contributed by atoms with Crippen molar-refractivity contribution in [1.82, 2.24) is 0 Å². The van der Waals surface area contributed by atoms with E-state index >= 15 is 0 Å². The van der Waals surface area contributed by atoms with E-state index in [1.165, 1.54) is 0 Å². The minimum Gasteiger partial charge on any atom is -0.508 e. The van der Waals surface area contributed by atoms with E-state index in [-0.39, 0.29) is 11.5 Å². The lowest BCUT2D eigenvalue weighted by Crippen LogP contribution is -1.79. The van der Waals surface area contributed by atoms with Crippen molar-refractivity contribution in [3.63, 3.8) is 0 Å². The van der Waals surface area contributed by atoms with Gasteiger partial charge in [-0.3, -0.25) is 0 Å². The quantitative estimate of drug-likeness (QED) is 0.615. The number of rotatable bonds is 1. The van der Waals surface area contributed by atoms with E-state index in [1.807, 2.05) is 30.3 Å². The zero-order valence-corrected chi connectivity index (χ0v) is 13.2. The van der Waals surface area contributed by atoms with Gasteiger partial charge in [0.1, 0.15) is 11.5 Å². The molecule has 0 amide bonds. The van der Waals surface area contributed by atoms with Crippen molar-refractivity contribution in [2.24, 2.45) is 5.92 Å². The van der Waals surface area contributed by atoms with Gasteiger partial charge in [-0.1, -0.05) is 51.1 Å². The van der Waals surface area contributed by atoms with Crippen LogP contribution < -0.4 is 0 Å². The second-order valence-electron chi connectivity index (χ2n) is 6.03. The first kappa shape index (κ1) is 15.9. The third-order valence-electron chi connectivity index (χ3n) is 3.02. The fourth-order valence-corrected chi connectivity index (χ4v) is 2.07. The predicted octanol–water partition coefficient (Wildman–Crippen LogP) is 5.58. The Bertz CT molecular complexity index is 740. The van der Waals surface area contributed by atoms with E-state index in [9.17, 15) is 10.2 Å². The maximum absolute atomic E-state index is 9.42. The van der Waals surface area contributed by atoms with Gasteiger partial charge in [0.05, 0.1) is 0 Å². The highest BCUT2D eigenvalue weighted by Crippen LogP contribution is 2.27. The summed E-state index contributed by atoms with van der Waals surface area (Å²) in [6, 6.07) is 18.5. The monoisotopic (exact) mass is 294 g/mol. The Hall–Kier alpha value is -2.48. The van der Waals surface area contributed by atoms with Crippen LogP contribution in [0.4, 0.5) is 0 Å². The topological polar surface area (TPSA) is 40.5 Å². The number of aromatic hydroxyl groups is 2. The molecule has 114 valence electrons. The van der Waals surface area contributed by atoms with Crippen LogP contribution in [-0.2, 0) is 0 Å². The zero-order chi connectivity index (χ0) is 16.1. The van der Waals surface area contributed by atoms with E-state index in [0.717, 1.165) is 27.8 Å². The van der Waals surface area contributed by atoms with Gasteiger partial charge in [0.2, 0.25) is 0 Å². The summed E-state index contributed by atoms with van der Waals surface area (Å²) in [7, 11) is 0. The molecule has 22 heavy (non-hydrogen) atoms.